The van der Waals surface area contributed by atoms with Crippen LogP contribution in [0.25, 0.3) is 0 Å². The molecule has 0 aromatic heterocycles. The van der Waals surface area contributed by atoms with Crippen molar-refractivity contribution in [3.05, 3.63) is 28.2 Å². The van der Waals surface area contributed by atoms with Gasteiger partial charge in [-0.25, -0.2) is 0 Å². The van der Waals surface area contributed by atoms with E-state index in [1.165, 1.54) is 4.90 Å². The van der Waals surface area contributed by atoms with Gasteiger partial charge in [0.25, 0.3) is 5.91 Å². The van der Waals surface area contributed by atoms with Crippen LogP contribution in [0.1, 0.15) is 13.3 Å². The number of hydrogen-bond donors (Lipinski definition) is 1. The first-order valence-electron chi connectivity index (χ1n) is 5.90. The highest BCUT2D eigenvalue weighted by Crippen LogP contribution is 2.26. The summed E-state index contributed by atoms with van der Waals surface area (Å²) in [6, 6.07) is 4.82. The summed E-state index contributed by atoms with van der Waals surface area (Å²) in [6.07, 6.45) is 0.112. The van der Waals surface area contributed by atoms with Crippen molar-refractivity contribution in [2.45, 2.75) is 19.4 Å². The Hall–Kier alpha value is -0.970. The topological polar surface area (TPSA) is 49.8 Å². The number of halogens is 2. The standard InChI is InChI=1S/C13H17Cl2NO3/c1-9(17)5-6-16(2)13(18)8-19-10-3-4-11(14)12(15)7-10/h3-4,7,9,17H,5-6,8H2,1-2H3. The van der Waals surface area contributed by atoms with Crippen molar-refractivity contribution in [2.75, 3.05) is 20.2 Å². The SMILES string of the molecule is CC(O)CCN(C)C(=O)COc1ccc(Cl)c(Cl)c1. The summed E-state index contributed by atoms with van der Waals surface area (Å²) < 4.78 is 5.33. The predicted molar refractivity (Wildman–Crippen MR) is 75.9 cm³/mol. The molecule has 6 heteroatoms. The number of hydrogen-bond acceptors (Lipinski definition) is 3. The second-order valence-electron chi connectivity index (χ2n) is 4.32. The smallest absolute Gasteiger partial charge is 0.260 e. The van der Waals surface area contributed by atoms with E-state index in [1.54, 1.807) is 32.2 Å². The van der Waals surface area contributed by atoms with Gasteiger partial charge in [0, 0.05) is 19.7 Å². The lowest BCUT2D eigenvalue weighted by Gasteiger charge is -2.18. The van der Waals surface area contributed by atoms with E-state index >= 15 is 0 Å². The Morgan fingerprint density at radius 2 is 2.11 bits per heavy atom. The Kier molecular flexibility index (Phi) is 6.42. The number of aliphatic hydroxyl groups excluding tert-OH is 1. The molecule has 0 heterocycles. The average molecular weight is 306 g/mol. The molecule has 0 fully saturated rings. The van der Waals surface area contributed by atoms with Crippen molar-refractivity contribution >= 4 is 29.1 Å². The average Bonchev–Trinajstić information content (AvgIpc) is 2.36. The Bertz CT molecular complexity index is 438. The molecule has 0 aliphatic rings. The van der Waals surface area contributed by atoms with Crippen molar-refractivity contribution in [3.8, 4) is 5.75 Å². The van der Waals surface area contributed by atoms with E-state index in [0.29, 0.717) is 28.8 Å². The molecular formula is C13H17Cl2NO3. The van der Waals surface area contributed by atoms with Crippen molar-refractivity contribution in [2.24, 2.45) is 0 Å². The van der Waals surface area contributed by atoms with Crippen molar-refractivity contribution in [1.82, 2.24) is 4.90 Å². The number of carbonyl (C=O) groups excluding carboxylic acids is 1. The van der Waals surface area contributed by atoms with E-state index in [9.17, 15) is 4.79 Å². The van der Waals surface area contributed by atoms with Gasteiger partial charge in [-0.05, 0) is 25.5 Å². The maximum Gasteiger partial charge on any atom is 0.260 e. The number of aliphatic hydroxyl groups is 1. The van der Waals surface area contributed by atoms with Crippen LogP contribution in [0.4, 0.5) is 0 Å². The van der Waals surface area contributed by atoms with Gasteiger partial charge in [0.1, 0.15) is 5.75 Å². The van der Waals surface area contributed by atoms with Crippen LogP contribution in [0, 0.1) is 0 Å². The van der Waals surface area contributed by atoms with Gasteiger partial charge in [-0.3, -0.25) is 4.79 Å². The maximum absolute atomic E-state index is 11.7. The van der Waals surface area contributed by atoms with E-state index in [0.717, 1.165) is 0 Å². The van der Waals surface area contributed by atoms with Gasteiger partial charge in [-0.15, -0.1) is 0 Å². The molecule has 0 spiro atoms. The van der Waals surface area contributed by atoms with E-state index in [-0.39, 0.29) is 12.5 Å². The van der Waals surface area contributed by atoms with Crippen LogP contribution in [0.15, 0.2) is 18.2 Å². The normalized spacial score (nSPS) is 12.1. The largest absolute Gasteiger partial charge is 0.484 e. The van der Waals surface area contributed by atoms with Crippen molar-refractivity contribution in [1.29, 1.82) is 0 Å². The molecule has 1 rings (SSSR count). The van der Waals surface area contributed by atoms with E-state index in [2.05, 4.69) is 0 Å². The summed E-state index contributed by atoms with van der Waals surface area (Å²) in [5.41, 5.74) is 0. The molecule has 1 atom stereocenters. The summed E-state index contributed by atoms with van der Waals surface area (Å²) in [5.74, 6) is 0.332. The summed E-state index contributed by atoms with van der Waals surface area (Å²) in [5, 5.41) is 9.97. The molecule has 106 valence electrons. The molecule has 0 bridgehead atoms. The fraction of sp³-hybridized carbons (Fsp3) is 0.462. The van der Waals surface area contributed by atoms with Crippen LogP contribution in [-0.2, 0) is 4.79 Å². The first kappa shape index (κ1) is 16.1. The van der Waals surface area contributed by atoms with E-state index in [4.69, 9.17) is 33.0 Å². The summed E-state index contributed by atoms with van der Waals surface area (Å²) in [7, 11) is 1.67. The number of carbonyl (C=O) groups is 1. The molecule has 1 N–H and O–H groups in total. The lowest BCUT2D eigenvalue weighted by Crippen LogP contribution is -2.33. The molecule has 0 aliphatic carbocycles. The van der Waals surface area contributed by atoms with Gasteiger partial charge >= 0.3 is 0 Å². The Morgan fingerprint density at radius 3 is 2.68 bits per heavy atom. The molecule has 1 unspecified atom stereocenters. The Labute approximate surface area is 122 Å². The maximum atomic E-state index is 11.7. The molecule has 1 aromatic rings. The van der Waals surface area contributed by atoms with Gasteiger partial charge in [-0.2, -0.15) is 0 Å². The fourth-order valence-electron chi connectivity index (χ4n) is 1.33. The minimum Gasteiger partial charge on any atom is -0.484 e. The first-order valence-corrected chi connectivity index (χ1v) is 6.65. The lowest BCUT2D eigenvalue weighted by molar-refractivity contribution is -0.132. The monoisotopic (exact) mass is 305 g/mol. The van der Waals surface area contributed by atoms with Crippen molar-refractivity contribution < 1.29 is 14.6 Å². The lowest BCUT2D eigenvalue weighted by atomic mass is 10.3. The minimum absolute atomic E-state index is 0.0751. The van der Waals surface area contributed by atoms with Crippen LogP contribution in [0.5, 0.6) is 5.75 Å². The Balaban J connectivity index is 2.42. The zero-order valence-corrected chi connectivity index (χ0v) is 12.4. The number of benzene rings is 1. The number of nitrogens with zero attached hydrogens (tertiary/aromatic N) is 1. The molecule has 0 radical (unpaired) electrons. The van der Waals surface area contributed by atoms with Gasteiger partial charge < -0.3 is 14.7 Å². The molecule has 4 nitrogen and oxygen atoms in total. The third-order valence-electron chi connectivity index (χ3n) is 2.56. The van der Waals surface area contributed by atoms with Gasteiger partial charge in [0.05, 0.1) is 16.1 Å². The fourth-order valence-corrected chi connectivity index (χ4v) is 1.62. The molecule has 0 aliphatic heterocycles. The highest BCUT2D eigenvalue weighted by Gasteiger charge is 2.10. The summed E-state index contributed by atoms with van der Waals surface area (Å²) >= 11 is 11.6. The quantitative estimate of drug-likeness (QED) is 0.879. The van der Waals surface area contributed by atoms with Crippen molar-refractivity contribution in [3.63, 3.8) is 0 Å². The third kappa shape index (κ3) is 5.68. The number of rotatable bonds is 6. The second-order valence-corrected chi connectivity index (χ2v) is 5.13. The van der Waals surface area contributed by atoms with Crippen LogP contribution in [-0.4, -0.2) is 42.2 Å². The van der Waals surface area contributed by atoms with E-state index < -0.39 is 6.10 Å². The first-order chi connectivity index (χ1) is 8.90. The van der Waals surface area contributed by atoms with Gasteiger partial charge in [0.15, 0.2) is 6.61 Å². The second kappa shape index (κ2) is 7.58. The predicted octanol–water partition coefficient (Wildman–Crippen LogP) is 2.60. The van der Waals surface area contributed by atoms with Gasteiger partial charge in [-0.1, -0.05) is 23.2 Å². The minimum atomic E-state index is -0.425. The molecule has 1 amide bonds. The third-order valence-corrected chi connectivity index (χ3v) is 3.30. The van der Waals surface area contributed by atoms with Crippen LogP contribution in [0.3, 0.4) is 0 Å². The number of likely N-dealkylation sites (N-methyl/N-ethyl adjacent to an activating group) is 1. The summed E-state index contributed by atoms with van der Waals surface area (Å²) in [4.78, 5) is 13.3. The zero-order valence-electron chi connectivity index (χ0n) is 10.9. The molecule has 1 aromatic carbocycles. The molecule has 19 heavy (non-hydrogen) atoms. The number of ether oxygens (including phenoxy) is 1. The number of amides is 1. The highest BCUT2D eigenvalue weighted by atomic mass is 35.5. The molecule has 0 saturated carbocycles. The Morgan fingerprint density at radius 1 is 1.42 bits per heavy atom. The van der Waals surface area contributed by atoms with E-state index in [1.807, 2.05) is 0 Å². The van der Waals surface area contributed by atoms with Crippen LogP contribution < -0.4 is 4.74 Å². The molecular weight excluding hydrogens is 289 g/mol. The summed E-state index contributed by atoms with van der Waals surface area (Å²) in [6.45, 7) is 2.10. The molecule has 0 saturated heterocycles. The zero-order chi connectivity index (χ0) is 14.4. The van der Waals surface area contributed by atoms with Gasteiger partial charge in [0.2, 0.25) is 0 Å². The highest BCUT2D eigenvalue weighted by molar-refractivity contribution is 6.42. The van der Waals surface area contributed by atoms with Crippen LogP contribution in [0.2, 0.25) is 10.0 Å². The van der Waals surface area contributed by atoms with Crippen LogP contribution >= 0.6 is 23.2 Å².